The Labute approximate surface area is 82.3 Å². The second-order valence-corrected chi connectivity index (χ2v) is 4.05. The van der Waals surface area contributed by atoms with E-state index in [-0.39, 0.29) is 0 Å². The summed E-state index contributed by atoms with van der Waals surface area (Å²) < 4.78 is 2.15. The first kappa shape index (κ1) is 8.45. The van der Waals surface area contributed by atoms with Crippen LogP contribution in [0.5, 0.6) is 0 Å². The summed E-state index contributed by atoms with van der Waals surface area (Å²) >= 11 is 1.80. The van der Waals surface area contributed by atoms with E-state index in [2.05, 4.69) is 48.3 Å². The summed E-state index contributed by atoms with van der Waals surface area (Å²) in [4.78, 5) is 1.36. The number of pyridine rings is 1. The average Bonchev–Trinajstić information content (AvgIpc) is 2.52. The summed E-state index contributed by atoms with van der Waals surface area (Å²) in [5, 5.41) is 2.14. The van der Waals surface area contributed by atoms with Crippen molar-refractivity contribution in [1.29, 1.82) is 0 Å². The predicted octanol–water partition coefficient (Wildman–Crippen LogP) is 2.55. The van der Waals surface area contributed by atoms with Crippen molar-refractivity contribution in [1.82, 2.24) is 0 Å². The lowest BCUT2D eigenvalue weighted by molar-refractivity contribution is -0.660. The number of hydrogen-bond donors (Lipinski definition) is 0. The molecule has 2 aromatic rings. The molecule has 0 N–H and O–H groups in total. The minimum Gasteiger partial charge on any atom is -0.200 e. The van der Waals surface area contributed by atoms with E-state index < -0.39 is 0 Å². The highest BCUT2D eigenvalue weighted by atomic mass is 32.1. The quantitative estimate of drug-likeness (QED) is 0.608. The van der Waals surface area contributed by atoms with Crippen molar-refractivity contribution in [2.24, 2.45) is 7.05 Å². The van der Waals surface area contributed by atoms with Gasteiger partial charge in [-0.25, -0.2) is 4.57 Å². The SMILES string of the molecule is Cc1ccsc1-c1cccc[n+]1C. The molecule has 13 heavy (non-hydrogen) atoms. The number of nitrogens with zero attached hydrogens (tertiary/aromatic N) is 1. The van der Waals surface area contributed by atoms with Gasteiger partial charge in [0, 0.05) is 12.1 Å². The molecule has 66 valence electrons. The first-order valence-electron chi connectivity index (χ1n) is 4.28. The Kier molecular flexibility index (Phi) is 2.15. The summed E-state index contributed by atoms with van der Waals surface area (Å²) in [5.74, 6) is 0. The molecule has 2 heterocycles. The lowest BCUT2D eigenvalue weighted by Gasteiger charge is -1.96. The average molecular weight is 190 g/mol. The number of aromatic nitrogens is 1. The van der Waals surface area contributed by atoms with Crippen molar-refractivity contribution in [3.8, 4) is 10.6 Å². The first-order valence-corrected chi connectivity index (χ1v) is 5.16. The fourth-order valence-electron chi connectivity index (χ4n) is 1.39. The largest absolute Gasteiger partial charge is 0.222 e. The minimum atomic E-state index is 1.29. The second kappa shape index (κ2) is 3.30. The topological polar surface area (TPSA) is 3.88 Å². The van der Waals surface area contributed by atoms with Crippen LogP contribution in [0.1, 0.15) is 5.56 Å². The van der Waals surface area contributed by atoms with Crippen LogP contribution in [0.2, 0.25) is 0 Å². The van der Waals surface area contributed by atoms with E-state index in [1.807, 2.05) is 6.07 Å². The van der Waals surface area contributed by atoms with Crippen molar-refractivity contribution >= 4 is 11.3 Å². The van der Waals surface area contributed by atoms with E-state index in [0.717, 1.165) is 0 Å². The lowest BCUT2D eigenvalue weighted by Crippen LogP contribution is -2.29. The highest BCUT2D eigenvalue weighted by Crippen LogP contribution is 2.25. The molecule has 0 saturated heterocycles. The van der Waals surface area contributed by atoms with Gasteiger partial charge in [-0.3, -0.25) is 0 Å². The van der Waals surface area contributed by atoms with Gasteiger partial charge in [0.25, 0.3) is 0 Å². The van der Waals surface area contributed by atoms with E-state index in [9.17, 15) is 0 Å². The third-order valence-electron chi connectivity index (χ3n) is 2.15. The van der Waals surface area contributed by atoms with Crippen LogP contribution in [0.4, 0.5) is 0 Å². The molecule has 0 bridgehead atoms. The van der Waals surface area contributed by atoms with Gasteiger partial charge in [0.15, 0.2) is 6.20 Å². The molecule has 0 amide bonds. The van der Waals surface area contributed by atoms with Gasteiger partial charge >= 0.3 is 0 Å². The standard InChI is InChI=1S/C11H12NS/c1-9-6-8-13-11(9)10-5-3-4-7-12(10)2/h3-8H,1-2H3/q+1. The van der Waals surface area contributed by atoms with Crippen molar-refractivity contribution in [2.75, 3.05) is 0 Å². The van der Waals surface area contributed by atoms with E-state index >= 15 is 0 Å². The van der Waals surface area contributed by atoms with Crippen LogP contribution in [0.3, 0.4) is 0 Å². The maximum absolute atomic E-state index is 2.16. The molecule has 0 aromatic carbocycles. The fraction of sp³-hybridized carbons (Fsp3) is 0.182. The zero-order valence-electron chi connectivity index (χ0n) is 7.82. The van der Waals surface area contributed by atoms with E-state index in [1.165, 1.54) is 16.1 Å². The van der Waals surface area contributed by atoms with Crippen molar-refractivity contribution in [2.45, 2.75) is 6.92 Å². The maximum Gasteiger partial charge on any atom is 0.222 e. The van der Waals surface area contributed by atoms with Gasteiger partial charge < -0.3 is 0 Å². The number of thiophene rings is 1. The van der Waals surface area contributed by atoms with E-state index in [1.54, 1.807) is 11.3 Å². The summed E-state index contributed by atoms with van der Waals surface area (Å²) in [6, 6.07) is 8.44. The Bertz CT molecular complexity index is 418. The predicted molar refractivity (Wildman–Crippen MR) is 55.7 cm³/mol. The highest BCUT2D eigenvalue weighted by Gasteiger charge is 2.11. The Hall–Kier alpha value is -1.15. The highest BCUT2D eigenvalue weighted by molar-refractivity contribution is 7.13. The Morgan fingerprint density at radius 3 is 2.69 bits per heavy atom. The molecule has 0 unspecified atom stereocenters. The fourth-order valence-corrected chi connectivity index (χ4v) is 2.39. The lowest BCUT2D eigenvalue weighted by atomic mass is 10.2. The molecule has 0 spiro atoms. The molecule has 0 saturated carbocycles. The first-order chi connectivity index (χ1) is 6.29. The molecular formula is C11H12NS+. The number of rotatable bonds is 1. The summed E-state index contributed by atoms with van der Waals surface area (Å²) in [6.07, 6.45) is 2.08. The maximum atomic E-state index is 2.16. The summed E-state index contributed by atoms with van der Waals surface area (Å²) in [5.41, 5.74) is 2.64. The summed E-state index contributed by atoms with van der Waals surface area (Å²) in [6.45, 7) is 2.15. The van der Waals surface area contributed by atoms with Gasteiger partial charge in [-0.05, 0) is 30.0 Å². The van der Waals surface area contributed by atoms with Crippen LogP contribution in [0.15, 0.2) is 35.8 Å². The Morgan fingerprint density at radius 1 is 1.23 bits per heavy atom. The number of aryl methyl sites for hydroxylation is 2. The molecule has 2 heteroatoms. The van der Waals surface area contributed by atoms with Crippen LogP contribution >= 0.6 is 11.3 Å². The van der Waals surface area contributed by atoms with Gasteiger partial charge in [-0.15, -0.1) is 11.3 Å². The zero-order chi connectivity index (χ0) is 9.26. The molecule has 0 atom stereocenters. The second-order valence-electron chi connectivity index (χ2n) is 3.13. The van der Waals surface area contributed by atoms with E-state index in [0.29, 0.717) is 0 Å². The molecule has 0 fully saturated rings. The van der Waals surface area contributed by atoms with Gasteiger partial charge in [0.2, 0.25) is 5.69 Å². The molecule has 2 aromatic heterocycles. The van der Waals surface area contributed by atoms with Gasteiger partial charge in [0.05, 0.1) is 0 Å². The molecule has 0 aliphatic carbocycles. The minimum absolute atomic E-state index is 1.29. The van der Waals surface area contributed by atoms with Crippen LogP contribution in [0, 0.1) is 6.92 Å². The molecular weight excluding hydrogens is 178 g/mol. The van der Waals surface area contributed by atoms with Crippen LogP contribution in [0.25, 0.3) is 10.6 Å². The Morgan fingerprint density at radius 2 is 2.08 bits per heavy atom. The Balaban J connectivity index is 2.59. The van der Waals surface area contributed by atoms with Gasteiger partial charge in [0.1, 0.15) is 11.9 Å². The van der Waals surface area contributed by atoms with Crippen LogP contribution in [-0.4, -0.2) is 0 Å². The molecule has 0 aliphatic heterocycles. The molecule has 1 nitrogen and oxygen atoms in total. The van der Waals surface area contributed by atoms with Crippen molar-refractivity contribution < 1.29 is 4.57 Å². The van der Waals surface area contributed by atoms with Gasteiger partial charge in [-0.1, -0.05) is 0 Å². The monoisotopic (exact) mass is 190 g/mol. The van der Waals surface area contributed by atoms with E-state index in [4.69, 9.17) is 0 Å². The molecule has 0 radical (unpaired) electrons. The smallest absolute Gasteiger partial charge is 0.200 e. The van der Waals surface area contributed by atoms with Crippen molar-refractivity contribution in [3.05, 3.63) is 41.4 Å². The third-order valence-corrected chi connectivity index (χ3v) is 3.19. The van der Waals surface area contributed by atoms with Crippen LogP contribution in [-0.2, 0) is 7.05 Å². The molecule has 2 rings (SSSR count). The third kappa shape index (κ3) is 1.49. The normalized spacial score (nSPS) is 10.3. The van der Waals surface area contributed by atoms with Crippen LogP contribution < -0.4 is 4.57 Å². The zero-order valence-corrected chi connectivity index (χ0v) is 8.64. The van der Waals surface area contributed by atoms with Gasteiger partial charge in [-0.2, -0.15) is 0 Å². The molecule has 0 aliphatic rings. The summed E-state index contributed by atoms with van der Waals surface area (Å²) in [7, 11) is 2.08. The van der Waals surface area contributed by atoms with Crippen molar-refractivity contribution in [3.63, 3.8) is 0 Å². The number of hydrogen-bond acceptors (Lipinski definition) is 1.